The van der Waals surface area contributed by atoms with Crippen LogP contribution in [0.5, 0.6) is 0 Å². The molecular formula is C10H14O2. The third-order valence-corrected chi connectivity index (χ3v) is 1.98. The molecule has 0 aromatic heterocycles. The Morgan fingerprint density at radius 1 is 1.25 bits per heavy atom. The van der Waals surface area contributed by atoms with Gasteiger partial charge < -0.3 is 10.2 Å². The average Bonchev–Trinajstić information content (AvgIpc) is 2.05. The molecule has 2 N–H and O–H groups in total. The summed E-state index contributed by atoms with van der Waals surface area (Å²) < 4.78 is 0. The highest BCUT2D eigenvalue weighted by atomic mass is 16.3. The van der Waals surface area contributed by atoms with Crippen molar-refractivity contribution in [2.75, 3.05) is 6.61 Å². The van der Waals surface area contributed by atoms with Gasteiger partial charge in [-0.05, 0) is 19.4 Å². The minimum Gasteiger partial charge on any atom is -0.393 e. The van der Waals surface area contributed by atoms with Crippen molar-refractivity contribution >= 4 is 0 Å². The number of benzene rings is 1. The molecule has 1 atom stereocenters. The quantitative estimate of drug-likeness (QED) is 0.693. The van der Waals surface area contributed by atoms with Gasteiger partial charge >= 0.3 is 0 Å². The first-order valence-electron chi connectivity index (χ1n) is 3.96. The molecule has 0 heterocycles. The van der Waals surface area contributed by atoms with Crippen LogP contribution in [-0.4, -0.2) is 16.8 Å². The first-order chi connectivity index (χ1) is 5.56. The molecular weight excluding hydrogens is 152 g/mol. The van der Waals surface area contributed by atoms with E-state index in [9.17, 15) is 5.11 Å². The fraction of sp³-hybridized carbons (Fsp3) is 0.400. The summed E-state index contributed by atoms with van der Waals surface area (Å²) in [5.74, 6) is 0. The molecule has 0 spiro atoms. The number of aryl methyl sites for hydroxylation is 1. The van der Waals surface area contributed by atoms with Gasteiger partial charge in [0, 0.05) is 0 Å². The van der Waals surface area contributed by atoms with Crippen LogP contribution in [0, 0.1) is 6.92 Å². The molecule has 2 heteroatoms. The van der Waals surface area contributed by atoms with Crippen LogP contribution in [-0.2, 0) is 5.60 Å². The van der Waals surface area contributed by atoms with Gasteiger partial charge in [-0.15, -0.1) is 0 Å². The second-order valence-electron chi connectivity index (χ2n) is 3.30. The Balaban J connectivity index is 2.96. The minimum atomic E-state index is -1.12. The van der Waals surface area contributed by atoms with Crippen LogP contribution in [0.4, 0.5) is 0 Å². The van der Waals surface area contributed by atoms with Crippen molar-refractivity contribution in [3.8, 4) is 0 Å². The lowest BCUT2D eigenvalue weighted by Crippen LogP contribution is -2.25. The van der Waals surface area contributed by atoms with Gasteiger partial charge in [0.1, 0.15) is 5.60 Å². The Morgan fingerprint density at radius 3 is 2.17 bits per heavy atom. The van der Waals surface area contributed by atoms with Crippen LogP contribution in [0.15, 0.2) is 24.3 Å². The molecule has 0 aliphatic carbocycles. The Bertz CT molecular complexity index is 249. The molecule has 0 saturated carbocycles. The first kappa shape index (κ1) is 9.23. The first-order valence-corrected chi connectivity index (χ1v) is 3.96. The summed E-state index contributed by atoms with van der Waals surface area (Å²) in [5, 5.41) is 18.5. The van der Waals surface area contributed by atoms with Gasteiger partial charge in [0.25, 0.3) is 0 Å². The summed E-state index contributed by atoms with van der Waals surface area (Å²) in [4.78, 5) is 0. The molecule has 0 bridgehead atoms. The zero-order valence-electron chi connectivity index (χ0n) is 7.41. The van der Waals surface area contributed by atoms with Gasteiger partial charge in [0.05, 0.1) is 6.61 Å². The summed E-state index contributed by atoms with van der Waals surface area (Å²) in [7, 11) is 0. The molecule has 1 aromatic rings. The molecule has 1 rings (SSSR count). The van der Waals surface area contributed by atoms with Crippen LogP contribution in [0.1, 0.15) is 18.1 Å². The molecule has 0 saturated heterocycles. The number of aliphatic hydroxyl groups is 2. The van der Waals surface area contributed by atoms with Gasteiger partial charge in [-0.3, -0.25) is 0 Å². The lowest BCUT2D eigenvalue weighted by Gasteiger charge is -2.20. The average molecular weight is 166 g/mol. The monoisotopic (exact) mass is 166 g/mol. The van der Waals surface area contributed by atoms with Crippen LogP contribution in [0.25, 0.3) is 0 Å². The van der Waals surface area contributed by atoms with Crippen molar-refractivity contribution in [1.29, 1.82) is 0 Å². The topological polar surface area (TPSA) is 40.5 Å². The second-order valence-corrected chi connectivity index (χ2v) is 3.30. The van der Waals surface area contributed by atoms with Crippen molar-refractivity contribution in [2.45, 2.75) is 19.4 Å². The SMILES string of the molecule is Cc1ccc(C(C)(O)CO)cc1. The summed E-state index contributed by atoms with van der Waals surface area (Å²) >= 11 is 0. The molecule has 12 heavy (non-hydrogen) atoms. The number of hydrogen-bond donors (Lipinski definition) is 2. The summed E-state index contributed by atoms with van der Waals surface area (Å²) in [6, 6.07) is 7.48. The highest BCUT2D eigenvalue weighted by Crippen LogP contribution is 2.19. The van der Waals surface area contributed by atoms with Crippen molar-refractivity contribution in [1.82, 2.24) is 0 Å². The maximum absolute atomic E-state index is 9.64. The highest BCUT2D eigenvalue weighted by molar-refractivity contribution is 5.25. The third-order valence-electron chi connectivity index (χ3n) is 1.98. The molecule has 0 aliphatic heterocycles. The van der Waals surface area contributed by atoms with Gasteiger partial charge in [0.15, 0.2) is 0 Å². The highest BCUT2D eigenvalue weighted by Gasteiger charge is 2.20. The van der Waals surface area contributed by atoms with Crippen molar-refractivity contribution in [3.05, 3.63) is 35.4 Å². The van der Waals surface area contributed by atoms with Crippen LogP contribution in [0.2, 0.25) is 0 Å². The maximum atomic E-state index is 9.64. The predicted octanol–water partition coefficient (Wildman–Crippen LogP) is 1.19. The van der Waals surface area contributed by atoms with E-state index in [0.717, 1.165) is 11.1 Å². The van der Waals surface area contributed by atoms with Crippen LogP contribution in [0.3, 0.4) is 0 Å². The lowest BCUT2D eigenvalue weighted by molar-refractivity contribution is -0.00228. The number of hydrogen-bond acceptors (Lipinski definition) is 2. The summed E-state index contributed by atoms with van der Waals surface area (Å²) in [5.41, 5.74) is 0.774. The van der Waals surface area contributed by atoms with Crippen molar-refractivity contribution in [2.24, 2.45) is 0 Å². The van der Waals surface area contributed by atoms with Crippen LogP contribution >= 0.6 is 0 Å². The molecule has 1 aromatic carbocycles. The maximum Gasteiger partial charge on any atom is 0.110 e. The fourth-order valence-corrected chi connectivity index (χ4v) is 1.00. The lowest BCUT2D eigenvalue weighted by atomic mass is 9.96. The molecule has 66 valence electrons. The molecule has 2 nitrogen and oxygen atoms in total. The van der Waals surface area contributed by atoms with Gasteiger partial charge in [0.2, 0.25) is 0 Å². The number of aliphatic hydroxyl groups excluding tert-OH is 1. The van der Waals surface area contributed by atoms with E-state index in [0.29, 0.717) is 0 Å². The Morgan fingerprint density at radius 2 is 1.75 bits per heavy atom. The Kier molecular flexibility index (Phi) is 2.50. The van der Waals surface area contributed by atoms with E-state index in [2.05, 4.69) is 0 Å². The van der Waals surface area contributed by atoms with E-state index < -0.39 is 5.60 Å². The van der Waals surface area contributed by atoms with E-state index in [1.165, 1.54) is 0 Å². The van der Waals surface area contributed by atoms with Crippen molar-refractivity contribution in [3.63, 3.8) is 0 Å². The smallest absolute Gasteiger partial charge is 0.110 e. The van der Waals surface area contributed by atoms with Gasteiger partial charge in [-0.1, -0.05) is 29.8 Å². The molecule has 0 fully saturated rings. The molecule has 1 unspecified atom stereocenters. The number of rotatable bonds is 2. The van der Waals surface area contributed by atoms with Gasteiger partial charge in [-0.2, -0.15) is 0 Å². The summed E-state index contributed by atoms with van der Waals surface area (Å²) in [6.45, 7) is 3.32. The fourth-order valence-electron chi connectivity index (χ4n) is 1.00. The van der Waals surface area contributed by atoms with E-state index in [-0.39, 0.29) is 6.61 Å². The molecule has 0 radical (unpaired) electrons. The minimum absolute atomic E-state index is 0.254. The Hall–Kier alpha value is -0.860. The van der Waals surface area contributed by atoms with Crippen molar-refractivity contribution < 1.29 is 10.2 Å². The van der Waals surface area contributed by atoms with Crippen LogP contribution < -0.4 is 0 Å². The van der Waals surface area contributed by atoms with Gasteiger partial charge in [-0.25, -0.2) is 0 Å². The third kappa shape index (κ3) is 1.84. The summed E-state index contributed by atoms with van der Waals surface area (Å²) in [6.07, 6.45) is 0. The van der Waals surface area contributed by atoms with E-state index in [1.54, 1.807) is 6.92 Å². The normalized spacial score (nSPS) is 15.7. The Labute approximate surface area is 72.5 Å². The second kappa shape index (κ2) is 3.25. The predicted molar refractivity (Wildman–Crippen MR) is 47.8 cm³/mol. The molecule has 0 amide bonds. The standard InChI is InChI=1S/C10H14O2/c1-8-3-5-9(6-4-8)10(2,12)7-11/h3-6,11-12H,7H2,1-2H3. The van der Waals surface area contributed by atoms with E-state index in [4.69, 9.17) is 5.11 Å². The molecule has 0 aliphatic rings. The van der Waals surface area contributed by atoms with E-state index in [1.807, 2.05) is 31.2 Å². The van der Waals surface area contributed by atoms with E-state index >= 15 is 0 Å². The zero-order valence-corrected chi connectivity index (χ0v) is 7.41. The largest absolute Gasteiger partial charge is 0.393 e. The zero-order chi connectivity index (χ0) is 9.19.